The van der Waals surface area contributed by atoms with E-state index in [2.05, 4.69) is 83.1 Å². The van der Waals surface area contributed by atoms with E-state index in [-0.39, 0.29) is 0 Å². The van der Waals surface area contributed by atoms with E-state index in [1.54, 1.807) is 0 Å². The Morgan fingerprint density at radius 3 is 0.743 bits per heavy atom. The smallest absolute Gasteiger partial charge is 0.168 e. The van der Waals surface area contributed by atoms with Crippen LogP contribution in [0.1, 0.15) is 186 Å². The standard InChI is InChI=1S/C9H18.C8H16.C7H14.C5H12.C3H8.O2S/c1-9(2)7-5-3-4-6-8-9;1-8(2)6-4-3-5-7-8;1-7(2)5-3-4-6-7;1-5(2,3)4;2*1-3-2/h3-8H2,1-2H3;3-7H2,1-2H3;3-6H2,1-2H3;1-4H3;3H2,1-2H3;. The molecule has 3 aliphatic rings. The number of rotatable bonds is 0. The van der Waals surface area contributed by atoms with E-state index in [4.69, 9.17) is 8.42 Å². The third kappa shape index (κ3) is 38.5. The van der Waals surface area contributed by atoms with E-state index in [0.29, 0.717) is 21.7 Å². The van der Waals surface area contributed by atoms with Gasteiger partial charge in [0.15, 0.2) is 0 Å². The second-order valence-corrected chi connectivity index (χ2v) is 15.1. The zero-order valence-corrected chi connectivity index (χ0v) is 27.4. The average Bonchev–Trinajstić information content (AvgIpc) is 2.98. The molecule has 0 aromatic rings. The molecule has 3 aliphatic carbocycles. The first-order valence-electron chi connectivity index (χ1n) is 14.9. The van der Waals surface area contributed by atoms with E-state index in [1.165, 1.54) is 103 Å². The van der Waals surface area contributed by atoms with Crippen LogP contribution in [0.2, 0.25) is 0 Å². The van der Waals surface area contributed by atoms with Crippen LogP contribution in [0.4, 0.5) is 0 Å². The molecule has 0 amide bonds. The lowest BCUT2D eigenvalue weighted by atomic mass is 9.78. The van der Waals surface area contributed by atoms with Crippen LogP contribution in [0, 0.1) is 21.7 Å². The van der Waals surface area contributed by atoms with Crippen LogP contribution >= 0.6 is 0 Å². The Kier molecular flexibility index (Phi) is 24.6. The molecule has 0 saturated heterocycles. The van der Waals surface area contributed by atoms with Crippen LogP contribution < -0.4 is 0 Å². The van der Waals surface area contributed by atoms with Crippen molar-refractivity contribution < 1.29 is 8.42 Å². The Morgan fingerprint density at radius 2 is 0.600 bits per heavy atom. The van der Waals surface area contributed by atoms with Gasteiger partial charge >= 0.3 is 11.6 Å². The van der Waals surface area contributed by atoms with Gasteiger partial charge in [0.2, 0.25) is 0 Å². The third-order valence-electron chi connectivity index (χ3n) is 6.62. The van der Waals surface area contributed by atoms with Crippen molar-refractivity contribution in [2.24, 2.45) is 21.7 Å². The minimum Gasteiger partial charge on any atom is -0.168 e. The van der Waals surface area contributed by atoms with E-state index in [0.717, 1.165) is 0 Å². The number of hydrogen-bond donors (Lipinski definition) is 0. The second kappa shape index (κ2) is 21.9. The summed E-state index contributed by atoms with van der Waals surface area (Å²) in [5.74, 6) is 0. The van der Waals surface area contributed by atoms with Gasteiger partial charge in [-0.05, 0) is 60.2 Å². The predicted octanol–water partition coefficient (Wildman–Crippen LogP) is 11.7. The van der Waals surface area contributed by atoms with Crippen LogP contribution in [0.3, 0.4) is 0 Å². The highest BCUT2D eigenvalue weighted by Gasteiger charge is 2.22. The van der Waals surface area contributed by atoms with Crippen LogP contribution in [-0.4, -0.2) is 8.42 Å². The first-order chi connectivity index (χ1) is 15.9. The van der Waals surface area contributed by atoms with Crippen molar-refractivity contribution in [3.8, 4) is 0 Å². The second-order valence-electron chi connectivity index (χ2n) is 14.9. The van der Waals surface area contributed by atoms with Gasteiger partial charge < -0.3 is 0 Å². The lowest BCUT2D eigenvalue weighted by Crippen LogP contribution is -2.14. The Balaban J connectivity index is -0.000000368. The molecule has 0 N–H and O–H groups in total. The van der Waals surface area contributed by atoms with Crippen LogP contribution in [-0.2, 0) is 11.6 Å². The lowest BCUT2D eigenvalue weighted by molar-refractivity contribution is 0.244. The van der Waals surface area contributed by atoms with E-state index in [9.17, 15) is 0 Å². The Bertz CT molecular complexity index is 462. The summed E-state index contributed by atoms with van der Waals surface area (Å²) in [6, 6.07) is 0. The third-order valence-corrected chi connectivity index (χ3v) is 6.62. The van der Waals surface area contributed by atoms with Crippen molar-refractivity contribution in [1.82, 2.24) is 0 Å². The van der Waals surface area contributed by atoms with E-state index in [1.807, 2.05) is 0 Å². The fourth-order valence-electron chi connectivity index (χ4n) is 4.53. The maximum atomic E-state index is 8.29. The van der Waals surface area contributed by atoms with Gasteiger partial charge in [0.1, 0.15) is 0 Å². The Morgan fingerprint density at radius 1 is 0.486 bits per heavy atom. The monoisotopic (exact) mass is 516 g/mol. The molecule has 0 aromatic carbocycles. The number of hydrogen-bond acceptors (Lipinski definition) is 2. The zero-order chi connectivity index (χ0) is 28.0. The van der Waals surface area contributed by atoms with Crippen molar-refractivity contribution >= 4 is 11.6 Å². The quantitative estimate of drug-likeness (QED) is 0.300. The average molecular weight is 517 g/mol. The minimum absolute atomic E-state index is 0.500. The molecule has 3 rings (SSSR count). The summed E-state index contributed by atoms with van der Waals surface area (Å²) in [4.78, 5) is 0. The van der Waals surface area contributed by atoms with E-state index >= 15 is 0 Å². The summed E-state index contributed by atoms with van der Waals surface area (Å²) in [6.45, 7) is 27.3. The first-order valence-corrected chi connectivity index (χ1v) is 15.5. The van der Waals surface area contributed by atoms with Gasteiger partial charge in [-0.1, -0.05) is 147 Å². The summed E-state index contributed by atoms with van der Waals surface area (Å²) >= 11 is -0.750. The SMILES string of the molecule is CC(C)(C)C.CC1(C)CCCC1.CC1(C)CCCCC1.CC1(C)CCCCCC1.CCC.O=S=O. The van der Waals surface area contributed by atoms with Gasteiger partial charge in [0.05, 0.1) is 0 Å². The van der Waals surface area contributed by atoms with Crippen LogP contribution in [0.15, 0.2) is 0 Å². The summed E-state index contributed by atoms with van der Waals surface area (Å²) in [7, 11) is 0. The molecule has 0 bridgehead atoms. The summed E-state index contributed by atoms with van der Waals surface area (Å²) < 4.78 is 16.6. The molecule has 0 atom stereocenters. The van der Waals surface area contributed by atoms with Crippen molar-refractivity contribution in [2.45, 2.75) is 186 Å². The van der Waals surface area contributed by atoms with Crippen LogP contribution in [0.5, 0.6) is 0 Å². The van der Waals surface area contributed by atoms with Gasteiger partial charge in [0, 0.05) is 0 Å². The van der Waals surface area contributed by atoms with Gasteiger partial charge in [-0.2, -0.15) is 8.42 Å². The predicted molar refractivity (Wildman–Crippen MR) is 161 cm³/mol. The summed E-state index contributed by atoms with van der Waals surface area (Å²) in [5, 5.41) is 0. The molecule has 0 aliphatic heterocycles. The minimum atomic E-state index is -0.750. The largest absolute Gasteiger partial charge is 0.335 e. The molecular formula is C32H68O2S. The topological polar surface area (TPSA) is 34.1 Å². The van der Waals surface area contributed by atoms with Gasteiger partial charge in [-0.3, -0.25) is 0 Å². The molecule has 35 heavy (non-hydrogen) atoms. The molecule has 214 valence electrons. The molecule has 3 fully saturated rings. The van der Waals surface area contributed by atoms with Crippen molar-refractivity contribution in [3.05, 3.63) is 0 Å². The summed E-state index contributed by atoms with van der Waals surface area (Å²) in [5.41, 5.74) is 2.54. The van der Waals surface area contributed by atoms with Gasteiger partial charge in [-0.15, -0.1) is 0 Å². The maximum Gasteiger partial charge on any atom is 0.335 e. The fraction of sp³-hybridized carbons (Fsp3) is 1.00. The highest BCUT2D eigenvalue weighted by Crippen LogP contribution is 2.36. The highest BCUT2D eigenvalue weighted by atomic mass is 32.1. The molecular weight excluding hydrogens is 448 g/mol. The summed E-state index contributed by atoms with van der Waals surface area (Å²) in [6.07, 6.45) is 23.2. The molecule has 0 spiro atoms. The van der Waals surface area contributed by atoms with E-state index < -0.39 is 11.6 Å². The molecule has 3 saturated carbocycles. The fourth-order valence-corrected chi connectivity index (χ4v) is 4.53. The van der Waals surface area contributed by atoms with Crippen molar-refractivity contribution in [1.29, 1.82) is 0 Å². The molecule has 0 heterocycles. The van der Waals surface area contributed by atoms with Crippen molar-refractivity contribution in [2.75, 3.05) is 0 Å². The highest BCUT2D eigenvalue weighted by molar-refractivity contribution is 7.51. The molecule has 0 unspecified atom stereocenters. The Labute approximate surface area is 227 Å². The lowest BCUT2D eigenvalue weighted by Gasteiger charge is -2.28. The zero-order valence-electron chi connectivity index (χ0n) is 26.5. The molecule has 3 heteroatoms. The van der Waals surface area contributed by atoms with Crippen LogP contribution in [0.25, 0.3) is 0 Å². The molecule has 0 radical (unpaired) electrons. The van der Waals surface area contributed by atoms with Gasteiger partial charge in [-0.25, -0.2) is 0 Å². The molecule has 2 nitrogen and oxygen atoms in total. The first kappa shape index (κ1) is 39.3. The Hall–Kier alpha value is -0.180. The maximum absolute atomic E-state index is 8.29. The van der Waals surface area contributed by atoms with Crippen molar-refractivity contribution in [3.63, 3.8) is 0 Å². The normalized spacial score (nSPS) is 21.6. The van der Waals surface area contributed by atoms with Gasteiger partial charge in [0.25, 0.3) is 0 Å². The molecule has 0 aromatic heterocycles.